The molecule has 1 aromatic carbocycles. The number of aryl methyl sites for hydroxylation is 1. The highest BCUT2D eigenvalue weighted by Crippen LogP contribution is 2.31. The SMILES string of the molecule is CCc1ccc2c(c1)OCC[C@@H]2N. The molecule has 70 valence electrons. The van der Waals surface area contributed by atoms with Gasteiger partial charge < -0.3 is 10.5 Å². The van der Waals surface area contributed by atoms with Crippen molar-refractivity contribution < 1.29 is 4.74 Å². The molecule has 1 atom stereocenters. The molecule has 2 heteroatoms. The summed E-state index contributed by atoms with van der Waals surface area (Å²) in [4.78, 5) is 0. The van der Waals surface area contributed by atoms with E-state index in [0.29, 0.717) is 0 Å². The topological polar surface area (TPSA) is 35.2 Å². The molecule has 0 aliphatic carbocycles. The van der Waals surface area contributed by atoms with Crippen LogP contribution >= 0.6 is 0 Å². The zero-order valence-electron chi connectivity index (χ0n) is 7.92. The van der Waals surface area contributed by atoms with Gasteiger partial charge in [0.05, 0.1) is 6.61 Å². The Labute approximate surface area is 78.7 Å². The van der Waals surface area contributed by atoms with Gasteiger partial charge in [-0.15, -0.1) is 0 Å². The van der Waals surface area contributed by atoms with Crippen LogP contribution in [0.1, 0.15) is 30.5 Å². The van der Waals surface area contributed by atoms with E-state index in [1.54, 1.807) is 0 Å². The normalized spacial score (nSPS) is 20.6. The molecule has 0 amide bonds. The molecule has 0 radical (unpaired) electrons. The molecule has 0 saturated carbocycles. The Kier molecular flexibility index (Phi) is 2.23. The Hall–Kier alpha value is -1.02. The highest BCUT2D eigenvalue weighted by molar-refractivity contribution is 5.40. The first-order chi connectivity index (χ1) is 6.31. The smallest absolute Gasteiger partial charge is 0.124 e. The van der Waals surface area contributed by atoms with E-state index in [9.17, 15) is 0 Å². The summed E-state index contributed by atoms with van der Waals surface area (Å²) >= 11 is 0. The Balaban J connectivity index is 2.39. The van der Waals surface area contributed by atoms with Gasteiger partial charge in [-0.25, -0.2) is 0 Å². The molecular weight excluding hydrogens is 162 g/mol. The van der Waals surface area contributed by atoms with Gasteiger partial charge in [-0.2, -0.15) is 0 Å². The van der Waals surface area contributed by atoms with Gasteiger partial charge in [0, 0.05) is 18.0 Å². The van der Waals surface area contributed by atoms with Crippen LogP contribution in [0.4, 0.5) is 0 Å². The minimum absolute atomic E-state index is 0.162. The monoisotopic (exact) mass is 177 g/mol. The molecule has 2 N–H and O–H groups in total. The highest BCUT2D eigenvalue weighted by atomic mass is 16.5. The number of hydrogen-bond acceptors (Lipinski definition) is 2. The molecule has 0 bridgehead atoms. The second kappa shape index (κ2) is 3.38. The van der Waals surface area contributed by atoms with Crippen molar-refractivity contribution >= 4 is 0 Å². The fourth-order valence-corrected chi connectivity index (χ4v) is 1.68. The number of benzene rings is 1. The third kappa shape index (κ3) is 1.54. The minimum Gasteiger partial charge on any atom is -0.493 e. The van der Waals surface area contributed by atoms with Gasteiger partial charge in [0.15, 0.2) is 0 Å². The van der Waals surface area contributed by atoms with Gasteiger partial charge in [0.2, 0.25) is 0 Å². The van der Waals surface area contributed by atoms with Crippen LogP contribution in [0.15, 0.2) is 18.2 Å². The molecule has 2 rings (SSSR count). The molecule has 0 spiro atoms. The fraction of sp³-hybridized carbons (Fsp3) is 0.455. The van der Waals surface area contributed by atoms with E-state index >= 15 is 0 Å². The lowest BCUT2D eigenvalue weighted by Crippen LogP contribution is -2.20. The molecule has 0 aromatic heterocycles. The van der Waals surface area contributed by atoms with E-state index in [2.05, 4.69) is 25.1 Å². The predicted molar refractivity (Wildman–Crippen MR) is 52.9 cm³/mol. The second-order valence-electron chi connectivity index (χ2n) is 3.47. The summed E-state index contributed by atoms with van der Waals surface area (Å²) in [7, 11) is 0. The standard InChI is InChI=1S/C11H15NO/c1-2-8-3-4-9-10(12)5-6-13-11(9)7-8/h3-4,7,10H,2,5-6,12H2,1H3/t10-/m0/s1. The van der Waals surface area contributed by atoms with E-state index in [1.807, 2.05) is 0 Å². The maximum atomic E-state index is 5.96. The Bertz CT molecular complexity index is 309. The lowest BCUT2D eigenvalue weighted by molar-refractivity contribution is 0.268. The fourth-order valence-electron chi connectivity index (χ4n) is 1.68. The van der Waals surface area contributed by atoms with Crippen molar-refractivity contribution in [1.82, 2.24) is 0 Å². The summed E-state index contributed by atoms with van der Waals surface area (Å²) < 4.78 is 5.56. The number of fused-ring (bicyclic) bond motifs is 1. The van der Waals surface area contributed by atoms with Crippen LogP contribution in [-0.4, -0.2) is 6.61 Å². The maximum Gasteiger partial charge on any atom is 0.124 e. The maximum absolute atomic E-state index is 5.96. The van der Waals surface area contributed by atoms with Crippen molar-refractivity contribution in [3.05, 3.63) is 29.3 Å². The Morgan fingerprint density at radius 1 is 1.54 bits per heavy atom. The van der Waals surface area contributed by atoms with Gasteiger partial charge in [-0.05, 0) is 18.1 Å². The first-order valence-electron chi connectivity index (χ1n) is 4.82. The number of ether oxygens (including phenoxy) is 1. The molecular formula is C11H15NO. The number of rotatable bonds is 1. The van der Waals surface area contributed by atoms with Crippen LogP contribution in [0.2, 0.25) is 0 Å². The summed E-state index contributed by atoms with van der Waals surface area (Å²) in [6, 6.07) is 6.49. The van der Waals surface area contributed by atoms with Crippen molar-refractivity contribution in [1.29, 1.82) is 0 Å². The van der Waals surface area contributed by atoms with Crippen LogP contribution in [0, 0.1) is 0 Å². The predicted octanol–water partition coefficient (Wildman–Crippen LogP) is 2.03. The van der Waals surface area contributed by atoms with Crippen molar-refractivity contribution in [3.8, 4) is 5.75 Å². The van der Waals surface area contributed by atoms with E-state index in [4.69, 9.17) is 10.5 Å². The molecule has 0 unspecified atom stereocenters. The number of hydrogen-bond donors (Lipinski definition) is 1. The van der Waals surface area contributed by atoms with Gasteiger partial charge in [-0.3, -0.25) is 0 Å². The van der Waals surface area contributed by atoms with E-state index in [-0.39, 0.29) is 6.04 Å². The largest absolute Gasteiger partial charge is 0.493 e. The van der Waals surface area contributed by atoms with E-state index < -0.39 is 0 Å². The van der Waals surface area contributed by atoms with Gasteiger partial charge in [-0.1, -0.05) is 19.1 Å². The molecule has 1 aliphatic heterocycles. The van der Waals surface area contributed by atoms with Gasteiger partial charge >= 0.3 is 0 Å². The van der Waals surface area contributed by atoms with Crippen molar-refractivity contribution in [2.45, 2.75) is 25.8 Å². The molecule has 0 fully saturated rings. The summed E-state index contributed by atoms with van der Waals surface area (Å²) in [5.41, 5.74) is 8.43. The third-order valence-corrected chi connectivity index (χ3v) is 2.57. The van der Waals surface area contributed by atoms with Crippen LogP contribution in [0.25, 0.3) is 0 Å². The summed E-state index contributed by atoms with van der Waals surface area (Å²) in [5, 5.41) is 0. The zero-order chi connectivity index (χ0) is 9.26. The van der Waals surface area contributed by atoms with Crippen LogP contribution in [-0.2, 0) is 6.42 Å². The van der Waals surface area contributed by atoms with Gasteiger partial charge in [0.25, 0.3) is 0 Å². The average molecular weight is 177 g/mol. The third-order valence-electron chi connectivity index (χ3n) is 2.57. The molecule has 1 heterocycles. The average Bonchev–Trinajstić information content (AvgIpc) is 2.18. The molecule has 1 aliphatic rings. The van der Waals surface area contributed by atoms with Crippen molar-refractivity contribution in [2.75, 3.05) is 6.61 Å². The first-order valence-corrected chi connectivity index (χ1v) is 4.82. The quantitative estimate of drug-likeness (QED) is 0.712. The lowest BCUT2D eigenvalue weighted by atomic mass is 9.99. The van der Waals surface area contributed by atoms with Crippen LogP contribution < -0.4 is 10.5 Å². The molecule has 1 aromatic rings. The highest BCUT2D eigenvalue weighted by Gasteiger charge is 2.17. The zero-order valence-corrected chi connectivity index (χ0v) is 7.92. The second-order valence-corrected chi connectivity index (χ2v) is 3.47. The Morgan fingerprint density at radius 2 is 2.38 bits per heavy atom. The van der Waals surface area contributed by atoms with E-state index in [0.717, 1.165) is 30.8 Å². The molecule has 2 nitrogen and oxygen atoms in total. The summed E-state index contributed by atoms with van der Waals surface area (Å²) in [6.45, 7) is 2.89. The number of nitrogens with two attached hydrogens (primary N) is 1. The minimum atomic E-state index is 0.162. The molecule has 0 saturated heterocycles. The molecule has 13 heavy (non-hydrogen) atoms. The first kappa shape index (κ1) is 8.57. The van der Waals surface area contributed by atoms with E-state index in [1.165, 1.54) is 5.56 Å². The van der Waals surface area contributed by atoms with Crippen molar-refractivity contribution in [3.63, 3.8) is 0 Å². The van der Waals surface area contributed by atoms with Crippen LogP contribution in [0.5, 0.6) is 5.75 Å². The van der Waals surface area contributed by atoms with Crippen LogP contribution in [0.3, 0.4) is 0 Å². The summed E-state index contributed by atoms with van der Waals surface area (Å²) in [6.07, 6.45) is 1.98. The van der Waals surface area contributed by atoms with Crippen molar-refractivity contribution in [2.24, 2.45) is 5.73 Å². The lowest BCUT2D eigenvalue weighted by Gasteiger charge is -2.23. The Morgan fingerprint density at radius 3 is 3.15 bits per heavy atom. The van der Waals surface area contributed by atoms with Gasteiger partial charge in [0.1, 0.15) is 5.75 Å². The summed E-state index contributed by atoms with van der Waals surface area (Å²) in [5.74, 6) is 0.984.